The van der Waals surface area contributed by atoms with Crippen LogP contribution in [0.5, 0.6) is 0 Å². The third-order valence-corrected chi connectivity index (χ3v) is 0. The average molecular weight is 225 g/mol. The summed E-state index contributed by atoms with van der Waals surface area (Å²) in [6.07, 6.45) is 0. The van der Waals surface area contributed by atoms with Gasteiger partial charge in [0.25, 0.3) is 0 Å². The topological polar surface area (TPSA) is 95.2 Å². The smallest absolute Gasteiger partial charge is 0.512 e. The molecule has 0 N–H and O–H groups in total. The van der Waals surface area contributed by atoms with Crippen LogP contribution in [-0.4, -0.2) is 0 Å². The SMILES string of the molecule is [C-]#N.[C-]#N.[C-]#N.[C-]#N.[Fe+2].[Zn+2]. The molecule has 4 nitrogen and oxygen atoms in total. The zero-order valence-corrected chi connectivity index (χ0v) is 8.92. The second-order valence-electron chi connectivity index (χ2n) is 0. The largest absolute Gasteiger partial charge is 2.00 e. The number of hydrogen-bond acceptors (Lipinski definition) is 4. The maximum absolute atomic E-state index is 6.25. The van der Waals surface area contributed by atoms with Gasteiger partial charge in [0.2, 0.25) is 0 Å². The molecule has 0 bridgehead atoms. The van der Waals surface area contributed by atoms with Crippen LogP contribution in [0.4, 0.5) is 0 Å². The number of hydrogen-bond donors (Lipinski definition) is 0. The van der Waals surface area contributed by atoms with E-state index in [1.54, 1.807) is 0 Å². The zero-order chi connectivity index (χ0) is 8.00. The molecule has 0 aliphatic carbocycles. The molecule has 0 aliphatic heterocycles. The Balaban J connectivity index is -0.00000000500. The van der Waals surface area contributed by atoms with Crippen molar-refractivity contribution in [3.63, 3.8) is 0 Å². The van der Waals surface area contributed by atoms with Crippen LogP contribution in [0, 0.1) is 47.3 Å². The predicted molar refractivity (Wildman–Crippen MR) is 19.9 cm³/mol. The molecule has 46 valence electrons. The van der Waals surface area contributed by atoms with Crippen molar-refractivity contribution >= 4 is 0 Å². The molecule has 0 rings (SSSR count). The Kier molecular flexibility index (Phi) is 3150. The van der Waals surface area contributed by atoms with Gasteiger partial charge in [0.05, 0.1) is 0 Å². The molecule has 0 aliphatic rings. The second kappa shape index (κ2) is 508. The van der Waals surface area contributed by atoms with Gasteiger partial charge in [0.15, 0.2) is 0 Å². The molecule has 0 saturated carbocycles. The molecule has 0 amide bonds. The Morgan fingerprint density at radius 3 is 0.500 bits per heavy atom. The minimum atomic E-state index is 0. The third-order valence-electron chi connectivity index (χ3n) is 0. The van der Waals surface area contributed by atoms with Gasteiger partial charge in [-0.25, -0.2) is 0 Å². The van der Waals surface area contributed by atoms with Gasteiger partial charge < -0.3 is 47.3 Å². The van der Waals surface area contributed by atoms with Crippen molar-refractivity contribution in [2.24, 2.45) is 0 Å². The average Bonchev–Trinajstić information content (AvgIpc) is 2.03. The normalized spacial score (nSPS) is 0.800. The van der Waals surface area contributed by atoms with Crippen molar-refractivity contribution in [2.75, 3.05) is 0 Å². The summed E-state index contributed by atoms with van der Waals surface area (Å²) < 4.78 is 0. The van der Waals surface area contributed by atoms with Gasteiger partial charge >= 0.3 is 36.5 Å². The first-order chi connectivity index (χ1) is 4.00. The van der Waals surface area contributed by atoms with Crippen LogP contribution < -0.4 is 0 Å². The summed E-state index contributed by atoms with van der Waals surface area (Å²) in [5, 5.41) is 25.0. The van der Waals surface area contributed by atoms with Gasteiger partial charge in [-0.3, -0.25) is 0 Å². The van der Waals surface area contributed by atoms with Crippen LogP contribution in [-0.2, 0) is 36.5 Å². The summed E-state index contributed by atoms with van der Waals surface area (Å²) in [4.78, 5) is 0. The van der Waals surface area contributed by atoms with Crippen LogP contribution in [0.1, 0.15) is 0 Å². The molecule has 0 radical (unpaired) electrons. The quantitative estimate of drug-likeness (QED) is 0.440. The summed E-state index contributed by atoms with van der Waals surface area (Å²) in [7, 11) is 0. The molecule has 0 aromatic carbocycles. The first kappa shape index (κ1) is 62.1. The van der Waals surface area contributed by atoms with Crippen molar-refractivity contribution in [1.82, 2.24) is 0 Å². The molecule has 10 heavy (non-hydrogen) atoms. The van der Waals surface area contributed by atoms with Gasteiger partial charge in [0, 0.05) is 0 Å². The fourth-order valence-electron chi connectivity index (χ4n) is 0. The van der Waals surface area contributed by atoms with Crippen LogP contribution >= 0.6 is 0 Å². The van der Waals surface area contributed by atoms with Gasteiger partial charge in [-0.2, -0.15) is 0 Å². The van der Waals surface area contributed by atoms with Crippen LogP contribution in [0.15, 0.2) is 0 Å². The van der Waals surface area contributed by atoms with E-state index in [1.807, 2.05) is 0 Å². The molecule has 6 heteroatoms. The van der Waals surface area contributed by atoms with E-state index in [9.17, 15) is 0 Å². The van der Waals surface area contributed by atoms with Crippen molar-refractivity contribution in [2.45, 2.75) is 0 Å². The Morgan fingerprint density at radius 1 is 0.500 bits per heavy atom. The van der Waals surface area contributed by atoms with E-state index < -0.39 is 0 Å². The number of rotatable bonds is 0. The Bertz CT molecular complexity index is 60.2. The maximum Gasteiger partial charge on any atom is 2.00 e. The van der Waals surface area contributed by atoms with E-state index in [-0.39, 0.29) is 36.5 Å². The van der Waals surface area contributed by atoms with E-state index in [2.05, 4.69) is 0 Å². The van der Waals surface area contributed by atoms with Gasteiger partial charge in [0.1, 0.15) is 0 Å². The second-order valence-corrected chi connectivity index (χ2v) is 0. The molecule has 0 aromatic rings. The van der Waals surface area contributed by atoms with Gasteiger partial charge in [-0.1, -0.05) is 0 Å². The van der Waals surface area contributed by atoms with Gasteiger partial charge in [-0.05, 0) is 0 Å². The van der Waals surface area contributed by atoms with Gasteiger partial charge in [-0.15, -0.1) is 0 Å². The maximum atomic E-state index is 6.25. The fourth-order valence-corrected chi connectivity index (χ4v) is 0. The van der Waals surface area contributed by atoms with Crippen molar-refractivity contribution < 1.29 is 36.5 Å². The number of nitrogens with zero attached hydrogens (tertiary/aromatic N) is 4. The summed E-state index contributed by atoms with van der Waals surface area (Å²) in [5.41, 5.74) is 0. The van der Waals surface area contributed by atoms with E-state index in [1.165, 1.54) is 0 Å². The van der Waals surface area contributed by atoms with Crippen LogP contribution in [0.3, 0.4) is 0 Å². The molecule has 0 unspecified atom stereocenters. The minimum absolute atomic E-state index is 0. The van der Waals surface area contributed by atoms with Crippen LogP contribution in [0.2, 0.25) is 0 Å². The van der Waals surface area contributed by atoms with E-state index in [0.29, 0.717) is 0 Å². The molecule has 0 atom stereocenters. The predicted octanol–water partition coefficient (Wildman–Crippen LogP) is 0.380. The Morgan fingerprint density at radius 2 is 0.500 bits per heavy atom. The summed E-state index contributed by atoms with van der Waals surface area (Å²) in [5.74, 6) is 0. The monoisotopic (exact) mass is 224 g/mol. The first-order valence-electron chi connectivity index (χ1n) is 0.894. The summed E-state index contributed by atoms with van der Waals surface area (Å²) in [6.45, 7) is 19.0. The molecular weight excluding hydrogens is 225 g/mol. The molecular formula is C4FeN4Zn. The molecule has 0 heterocycles. The molecule has 0 fully saturated rings. The molecule has 0 spiro atoms. The minimum Gasteiger partial charge on any atom is -0.512 e. The van der Waals surface area contributed by atoms with Crippen molar-refractivity contribution in [3.05, 3.63) is 26.3 Å². The van der Waals surface area contributed by atoms with Crippen molar-refractivity contribution in [1.29, 1.82) is 21.0 Å². The van der Waals surface area contributed by atoms with E-state index in [0.717, 1.165) is 0 Å². The molecule has 0 aromatic heterocycles. The first-order valence-corrected chi connectivity index (χ1v) is 0.894. The van der Waals surface area contributed by atoms with Crippen LogP contribution in [0.25, 0.3) is 0 Å². The van der Waals surface area contributed by atoms with E-state index >= 15 is 0 Å². The fraction of sp³-hybridized carbons (Fsp3) is 0. The summed E-state index contributed by atoms with van der Waals surface area (Å²) >= 11 is 0. The molecule has 0 saturated heterocycles. The van der Waals surface area contributed by atoms with Crippen molar-refractivity contribution in [3.8, 4) is 0 Å². The summed E-state index contributed by atoms with van der Waals surface area (Å²) in [6, 6.07) is 0. The Hall–Kier alpha value is -0.897. The zero-order valence-electron chi connectivity index (χ0n) is 4.85. The standard InChI is InChI=1S/4CN.Fe.Zn/c4*1-2;;/q4*-1;2*+2. The third kappa shape index (κ3) is 329. The van der Waals surface area contributed by atoms with E-state index in [4.69, 9.17) is 47.3 Å². The Labute approximate surface area is 83.9 Å².